The van der Waals surface area contributed by atoms with Crippen LogP contribution < -0.4 is 0 Å². The summed E-state index contributed by atoms with van der Waals surface area (Å²) in [5.41, 5.74) is 10.5. The molecular weight excluding hydrogens is 420 g/mol. The van der Waals surface area contributed by atoms with Gasteiger partial charge in [0.15, 0.2) is 0 Å². The topological polar surface area (TPSA) is 0 Å². The number of hydrogen-bond donors (Lipinski definition) is 0. The zero-order valence-corrected chi connectivity index (χ0v) is 26.4. The maximum atomic E-state index is 2.52. The Morgan fingerprint density at radius 1 is 0.343 bits per heavy atom. The van der Waals surface area contributed by atoms with Gasteiger partial charge in [-0.2, -0.15) is 0 Å². The minimum absolute atomic E-state index is 0.0391. The van der Waals surface area contributed by atoms with Crippen LogP contribution in [-0.4, -0.2) is 0 Å². The molecule has 2 aromatic carbocycles. The summed E-state index contributed by atoms with van der Waals surface area (Å²) in [7, 11) is 0. The van der Waals surface area contributed by atoms with E-state index in [1.54, 1.807) is 0 Å². The Morgan fingerprint density at radius 3 is 1.00 bits per heavy atom. The van der Waals surface area contributed by atoms with Gasteiger partial charge < -0.3 is 0 Å². The lowest BCUT2D eigenvalue weighted by atomic mass is 9.62. The second-order valence-electron chi connectivity index (χ2n) is 16.6. The first-order chi connectivity index (χ1) is 15.3. The molecule has 0 aliphatic carbocycles. The van der Waals surface area contributed by atoms with Gasteiger partial charge in [0.2, 0.25) is 0 Å². The number of rotatable bonds is 2. The third-order valence-corrected chi connectivity index (χ3v) is 7.61. The van der Waals surface area contributed by atoms with Crippen molar-refractivity contribution in [2.45, 2.75) is 150 Å². The van der Waals surface area contributed by atoms with Gasteiger partial charge in [-0.15, -0.1) is 0 Å². The highest BCUT2D eigenvalue weighted by molar-refractivity contribution is 5.57. The fourth-order valence-corrected chi connectivity index (χ4v) is 5.25. The Hall–Kier alpha value is -1.56. The van der Waals surface area contributed by atoms with E-state index >= 15 is 0 Å². The minimum atomic E-state index is -0.147. The van der Waals surface area contributed by atoms with Gasteiger partial charge in [-0.3, -0.25) is 0 Å². The molecule has 0 heteroatoms. The van der Waals surface area contributed by atoms with E-state index in [0.717, 1.165) is 0 Å². The predicted molar refractivity (Wildman–Crippen MR) is 159 cm³/mol. The lowest BCUT2D eigenvalue weighted by molar-refractivity contribution is 0.493. The zero-order chi connectivity index (χ0) is 27.6. The van der Waals surface area contributed by atoms with Crippen molar-refractivity contribution >= 4 is 0 Å². The summed E-state index contributed by atoms with van der Waals surface area (Å²) in [5, 5.41) is 0. The van der Waals surface area contributed by atoms with Gasteiger partial charge in [0.25, 0.3) is 0 Å². The third-order valence-electron chi connectivity index (χ3n) is 7.61. The van der Waals surface area contributed by atoms with Crippen molar-refractivity contribution in [3.05, 3.63) is 69.3 Å². The second-order valence-corrected chi connectivity index (χ2v) is 16.6. The van der Waals surface area contributed by atoms with Crippen molar-refractivity contribution < 1.29 is 0 Å². The number of hydrogen-bond acceptors (Lipinski definition) is 0. The summed E-state index contributed by atoms with van der Waals surface area (Å²) in [5.74, 6) is 0. The van der Waals surface area contributed by atoms with Crippen molar-refractivity contribution in [1.82, 2.24) is 0 Å². The van der Waals surface area contributed by atoms with Gasteiger partial charge in [0.1, 0.15) is 0 Å². The van der Waals surface area contributed by atoms with Crippen LogP contribution in [0, 0.1) is 0 Å². The van der Waals surface area contributed by atoms with Crippen molar-refractivity contribution in [2.24, 2.45) is 0 Å². The summed E-state index contributed by atoms with van der Waals surface area (Å²) < 4.78 is 0. The summed E-state index contributed by atoms with van der Waals surface area (Å²) in [6, 6.07) is 12.3. The molecule has 0 aromatic heterocycles. The molecule has 0 fully saturated rings. The predicted octanol–water partition coefficient (Wildman–Crippen LogP) is 10.5. The van der Waals surface area contributed by atoms with Gasteiger partial charge in [0.05, 0.1) is 0 Å². The normalized spacial score (nSPS) is 14.4. The second kappa shape index (κ2) is 8.78. The number of benzene rings is 2. The maximum Gasteiger partial charge on any atom is 0.0155 e. The maximum absolute atomic E-state index is 2.52. The molecule has 0 unspecified atom stereocenters. The van der Waals surface area contributed by atoms with E-state index in [2.05, 4.69) is 148 Å². The van der Waals surface area contributed by atoms with E-state index in [1.807, 2.05) is 0 Å². The summed E-state index contributed by atoms with van der Waals surface area (Å²) in [4.78, 5) is 0. The first kappa shape index (κ1) is 29.7. The van der Waals surface area contributed by atoms with Crippen molar-refractivity contribution in [3.63, 3.8) is 0 Å². The zero-order valence-electron chi connectivity index (χ0n) is 26.4. The SMILES string of the molecule is CC(C)(C)c1cc(C(C)(C)C)c(C(C)(C)c2cc(C(C)(C)C)ccc2C(C)(C)C)c(C(C)(C)C)c1. The Kier molecular flexibility index (Phi) is 7.44. The fraction of sp³-hybridized carbons (Fsp3) is 0.657. The van der Waals surface area contributed by atoms with Crippen molar-refractivity contribution in [3.8, 4) is 0 Å². The van der Waals surface area contributed by atoms with Gasteiger partial charge in [-0.25, -0.2) is 0 Å². The van der Waals surface area contributed by atoms with Gasteiger partial charge >= 0.3 is 0 Å². The molecule has 35 heavy (non-hydrogen) atoms. The van der Waals surface area contributed by atoms with Gasteiger partial charge in [-0.05, 0) is 66.0 Å². The summed E-state index contributed by atoms with van der Waals surface area (Å²) in [6.45, 7) is 40.4. The fourth-order valence-electron chi connectivity index (χ4n) is 5.25. The van der Waals surface area contributed by atoms with Crippen molar-refractivity contribution in [2.75, 3.05) is 0 Å². The molecule has 2 aromatic rings. The quantitative estimate of drug-likeness (QED) is 0.404. The average molecular weight is 477 g/mol. The molecule has 0 spiro atoms. The van der Waals surface area contributed by atoms with E-state index in [9.17, 15) is 0 Å². The molecule has 0 nitrogen and oxygen atoms in total. The van der Waals surface area contributed by atoms with E-state index in [-0.39, 0.29) is 32.5 Å². The monoisotopic (exact) mass is 476 g/mol. The van der Waals surface area contributed by atoms with Crippen LogP contribution in [0.4, 0.5) is 0 Å². The highest BCUT2D eigenvalue weighted by atomic mass is 14.4. The molecule has 196 valence electrons. The third kappa shape index (κ3) is 6.23. The van der Waals surface area contributed by atoms with Crippen LogP contribution in [0.1, 0.15) is 157 Å². The Labute approximate surface area is 219 Å². The van der Waals surface area contributed by atoms with E-state index in [4.69, 9.17) is 0 Å². The molecule has 0 heterocycles. The van der Waals surface area contributed by atoms with Crippen LogP contribution in [0.15, 0.2) is 30.3 Å². The summed E-state index contributed by atoms with van der Waals surface area (Å²) in [6.07, 6.45) is 0. The molecule has 0 aliphatic rings. The molecule has 0 amide bonds. The van der Waals surface area contributed by atoms with Crippen LogP contribution in [0.25, 0.3) is 0 Å². The molecule has 0 bridgehead atoms. The van der Waals surface area contributed by atoms with Crippen LogP contribution in [0.2, 0.25) is 0 Å². The highest BCUT2D eigenvalue weighted by Crippen LogP contribution is 2.48. The smallest absolute Gasteiger partial charge is 0.0155 e. The van der Waals surface area contributed by atoms with E-state index in [0.29, 0.717) is 0 Å². The van der Waals surface area contributed by atoms with E-state index in [1.165, 1.54) is 38.9 Å². The molecule has 2 rings (SSSR count). The van der Waals surface area contributed by atoms with Crippen LogP contribution in [0.3, 0.4) is 0 Å². The van der Waals surface area contributed by atoms with Crippen molar-refractivity contribution in [1.29, 1.82) is 0 Å². The lowest BCUT2D eigenvalue weighted by Gasteiger charge is -2.42. The van der Waals surface area contributed by atoms with Crippen LogP contribution >= 0.6 is 0 Å². The Bertz CT molecular complexity index is 1020. The Balaban J connectivity index is 3.15. The molecule has 0 N–H and O–H groups in total. The summed E-state index contributed by atoms with van der Waals surface area (Å²) >= 11 is 0. The molecule has 0 radical (unpaired) electrons. The molecule has 0 atom stereocenters. The molecule has 0 saturated carbocycles. The van der Waals surface area contributed by atoms with Gasteiger partial charge in [0, 0.05) is 5.41 Å². The first-order valence-electron chi connectivity index (χ1n) is 13.6. The lowest BCUT2D eigenvalue weighted by Crippen LogP contribution is -2.34. The highest BCUT2D eigenvalue weighted by Gasteiger charge is 2.39. The molecule has 0 saturated heterocycles. The molecular formula is C35H56. The molecule has 0 aliphatic heterocycles. The minimum Gasteiger partial charge on any atom is -0.0582 e. The van der Waals surface area contributed by atoms with E-state index < -0.39 is 0 Å². The first-order valence-corrected chi connectivity index (χ1v) is 13.6. The van der Waals surface area contributed by atoms with Crippen LogP contribution in [-0.2, 0) is 32.5 Å². The Morgan fingerprint density at radius 2 is 0.686 bits per heavy atom. The van der Waals surface area contributed by atoms with Gasteiger partial charge in [-0.1, -0.05) is 148 Å². The van der Waals surface area contributed by atoms with Crippen LogP contribution in [0.5, 0.6) is 0 Å². The largest absolute Gasteiger partial charge is 0.0582 e. The average Bonchev–Trinajstić information content (AvgIpc) is 2.62. The standard InChI is InChI=1S/C35H56/c1-30(2,3)23-18-19-25(32(7,8)9)26(20-23)35(16,17)29-27(33(10,11)12)21-24(31(4,5)6)22-28(29)34(13,14)15/h18-22H,1-17H3.